The van der Waals surface area contributed by atoms with Crippen LogP contribution in [0.4, 0.5) is 0 Å². The zero-order valence-electron chi connectivity index (χ0n) is 5.63. The van der Waals surface area contributed by atoms with E-state index in [-0.39, 0.29) is 6.10 Å². The summed E-state index contributed by atoms with van der Waals surface area (Å²) in [5.74, 6) is 0.363. The van der Waals surface area contributed by atoms with Gasteiger partial charge in [-0.3, -0.25) is 0 Å². The van der Waals surface area contributed by atoms with Gasteiger partial charge < -0.3 is 9.84 Å². The molecule has 52 valence electrons. The Kier molecular flexibility index (Phi) is 2.11. The minimum Gasteiger partial charge on any atom is -0.513 e. The van der Waals surface area contributed by atoms with Crippen molar-refractivity contribution in [2.45, 2.75) is 25.9 Å². The Morgan fingerprint density at radius 1 is 1.78 bits per heavy atom. The first-order chi connectivity index (χ1) is 4.29. The Labute approximate surface area is 55.1 Å². The van der Waals surface area contributed by atoms with Gasteiger partial charge in [-0.05, 0) is 25.8 Å². The molecule has 0 aromatic heterocycles. The van der Waals surface area contributed by atoms with E-state index < -0.39 is 0 Å². The van der Waals surface area contributed by atoms with Crippen LogP contribution in [0.25, 0.3) is 0 Å². The minimum atomic E-state index is 0.176. The van der Waals surface area contributed by atoms with Crippen LogP contribution in [0.1, 0.15) is 19.8 Å². The number of aliphatic hydroxyl groups is 1. The quantitative estimate of drug-likeness (QED) is 0.544. The van der Waals surface area contributed by atoms with Crippen molar-refractivity contribution in [3.8, 4) is 0 Å². The molecule has 0 bridgehead atoms. The van der Waals surface area contributed by atoms with Crippen molar-refractivity contribution in [3.05, 3.63) is 11.8 Å². The average molecular weight is 128 g/mol. The molecule has 1 atom stereocenters. The van der Waals surface area contributed by atoms with Gasteiger partial charge in [0.1, 0.15) is 0 Å². The van der Waals surface area contributed by atoms with Gasteiger partial charge in [-0.2, -0.15) is 0 Å². The van der Waals surface area contributed by atoms with E-state index in [0.29, 0.717) is 5.76 Å². The highest BCUT2D eigenvalue weighted by Gasteiger charge is 2.11. The van der Waals surface area contributed by atoms with Gasteiger partial charge in [0.25, 0.3) is 0 Å². The number of aliphatic hydroxyl groups excluding tert-OH is 1. The van der Waals surface area contributed by atoms with E-state index in [9.17, 15) is 0 Å². The molecule has 1 N–H and O–H groups in total. The second kappa shape index (κ2) is 2.87. The highest BCUT2D eigenvalue weighted by atomic mass is 16.5. The van der Waals surface area contributed by atoms with E-state index >= 15 is 0 Å². The Balaban J connectivity index is 2.35. The molecule has 0 radical (unpaired) electrons. The predicted octanol–water partition coefficient (Wildman–Crippen LogP) is 1.63. The molecule has 0 aromatic rings. The Bertz CT molecular complexity index is 108. The van der Waals surface area contributed by atoms with Crippen LogP contribution in [-0.2, 0) is 4.74 Å². The standard InChI is InChI=1S/C7H12O2/c1-6(8)5-7-3-2-4-9-7/h5,7-8H,2-4H2,1H3/b6-5-. The van der Waals surface area contributed by atoms with E-state index in [2.05, 4.69) is 0 Å². The largest absolute Gasteiger partial charge is 0.513 e. The molecule has 0 spiro atoms. The van der Waals surface area contributed by atoms with Crippen LogP contribution in [-0.4, -0.2) is 17.8 Å². The summed E-state index contributed by atoms with van der Waals surface area (Å²) in [5, 5.41) is 8.79. The lowest BCUT2D eigenvalue weighted by atomic mass is 10.2. The van der Waals surface area contributed by atoms with Gasteiger partial charge in [-0.25, -0.2) is 0 Å². The van der Waals surface area contributed by atoms with E-state index in [1.807, 2.05) is 0 Å². The van der Waals surface area contributed by atoms with Gasteiger partial charge in [0.2, 0.25) is 0 Å². The Hall–Kier alpha value is -0.500. The average Bonchev–Trinajstić information content (AvgIpc) is 2.15. The molecule has 2 heteroatoms. The highest BCUT2D eigenvalue weighted by molar-refractivity contribution is 4.94. The molecule has 0 amide bonds. The summed E-state index contributed by atoms with van der Waals surface area (Å²) < 4.78 is 5.23. The molecular formula is C7H12O2. The summed E-state index contributed by atoms with van der Waals surface area (Å²) in [6.45, 7) is 2.51. The van der Waals surface area contributed by atoms with Crippen LogP contribution in [0.5, 0.6) is 0 Å². The van der Waals surface area contributed by atoms with E-state index in [1.165, 1.54) is 0 Å². The SMILES string of the molecule is C/C(O)=C/C1CCCO1. The van der Waals surface area contributed by atoms with Crippen LogP contribution >= 0.6 is 0 Å². The first-order valence-electron chi connectivity index (χ1n) is 3.28. The molecule has 2 nitrogen and oxygen atoms in total. The summed E-state index contributed by atoms with van der Waals surface area (Å²) in [7, 11) is 0. The van der Waals surface area contributed by atoms with Gasteiger partial charge in [0.15, 0.2) is 0 Å². The molecule has 1 aliphatic rings. The van der Waals surface area contributed by atoms with Crippen molar-refractivity contribution in [3.63, 3.8) is 0 Å². The van der Waals surface area contributed by atoms with Crippen molar-refractivity contribution in [1.29, 1.82) is 0 Å². The van der Waals surface area contributed by atoms with Crippen molar-refractivity contribution >= 4 is 0 Å². The maximum Gasteiger partial charge on any atom is 0.0877 e. The van der Waals surface area contributed by atoms with Crippen molar-refractivity contribution < 1.29 is 9.84 Å². The molecule has 1 rings (SSSR count). The molecular weight excluding hydrogens is 116 g/mol. The lowest BCUT2D eigenvalue weighted by Gasteiger charge is -2.00. The maximum absolute atomic E-state index is 8.79. The highest BCUT2D eigenvalue weighted by Crippen LogP contribution is 2.13. The third kappa shape index (κ3) is 2.06. The van der Waals surface area contributed by atoms with Crippen LogP contribution in [0.3, 0.4) is 0 Å². The van der Waals surface area contributed by atoms with Crippen LogP contribution in [0.15, 0.2) is 11.8 Å². The first kappa shape index (κ1) is 6.62. The fourth-order valence-electron chi connectivity index (χ4n) is 1.00. The molecule has 1 unspecified atom stereocenters. The summed E-state index contributed by atoms with van der Waals surface area (Å²) >= 11 is 0. The predicted molar refractivity (Wildman–Crippen MR) is 35.4 cm³/mol. The van der Waals surface area contributed by atoms with Crippen molar-refractivity contribution in [2.75, 3.05) is 6.61 Å². The summed E-state index contributed by atoms with van der Waals surface area (Å²) in [4.78, 5) is 0. The molecule has 1 saturated heterocycles. The molecule has 0 aromatic carbocycles. The van der Waals surface area contributed by atoms with Gasteiger partial charge in [-0.1, -0.05) is 0 Å². The molecule has 1 fully saturated rings. The number of rotatable bonds is 1. The van der Waals surface area contributed by atoms with Crippen LogP contribution < -0.4 is 0 Å². The zero-order valence-corrected chi connectivity index (χ0v) is 5.63. The monoisotopic (exact) mass is 128 g/mol. The normalized spacial score (nSPS) is 29.0. The summed E-state index contributed by atoms with van der Waals surface area (Å²) in [5.41, 5.74) is 0. The van der Waals surface area contributed by atoms with Crippen LogP contribution in [0.2, 0.25) is 0 Å². The second-order valence-corrected chi connectivity index (χ2v) is 2.36. The summed E-state index contributed by atoms with van der Waals surface area (Å²) in [6, 6.07) is 0. The minimum absolute atomic E-state index is 0.176. The van der Waals surface area contributed by atoms with Gasteiger partial charge >= 0.3 is 0 Å². The molecule has 0 saturated carbocycles. The van der Waals surface area contributed by atoms with Gasteiger partial charge in [0.05, 0.1) is 11.9 Å². The number of hydrogen-bond acceptors (Lipinski definition) is 2. The lowest BCUT2D eigenvalue weighted by Crippen LogP contribution is -2.00. The third-order valence-electron chi connectivity index (χ3n) is 1.39. The van der Waals surface area contributed by atoms with Gasteiger partial charge in [-0.15, -0.1) is 0 Å². The first-order valence-corrected chi connectivity index (χ1v) is 3.28. The maximum atomic E-state index is 8.79. The smallest absolute Gasteiger partial charge is 0.0877 e. The Morgan fingerprint density at radius 2 is 2.56 bits per heavy atom. The van der Waals surface area contributed by atoms with Gasteiger partial charge in [0, 0.05) is 6.61 Å². The van der Waals surface area contributed by atoms with Crippen molar-refractivity contribution in [1.82, 2.24) is 0 Å². The molecule has 0 aliphatic carbocycles. The van der Waals surface area contributed by atoms with E-state index in [4.69, 9.17) is 9.84 Å². The van der Waals surface area contributed by atoms with Crippen molar-refractivity contribution in [2.24, 2.45) is 0 Å². The third-order valence-corrected chi connectivity index (χ3v) is 1.39. The van der Waals surface area contributed by atoms with Crippen LogP contribution in [0, 0.1) is 0 Å². The molecule has 9 heavy (non-hydrogen) atoms. The second-order valence-electron chi connectivity index (χ2n) is 2.36. The van der Waals surface area contributed by atoms with E-state index in [1.54, 1.807) is 13.0 Å². The summed E-state index contributed by atoms with van der Waals surface area (Å²) in [6.07, 6.45) is 4.11. The topological polar surface area (TPSA) is 29.5 Å². The lowest BCUT2D eigenvalue weighted by molar-refractivity contribution is 0.142. The molecule has 1 heterocycles. The van der Waals surface area contributed by atoms with E-state index in [0.717, 1.165) is 19.4 Å². The Morgan fingerprint density at radius 3 is 3.00 bits per heavy atom. The number of hydrogen-bond donors (Lipinski definition) is 1. The molecule has 1 aliphatic heterocycles. The number of ether oxygens (including phenoxy) is 1. The fraction of sp³-hybridized carbons (Fsp3) is 0.714. The number of allylic oxidation sites excluding steroid dienone is 1. The fourth-order valence-corrected chi connectivity index (χ4v) is 1.00. The zero-order chi connectivity index (χ0) is 6.69.